The molecule has 0 saturated heterocycles. The van der Waals surface area contributed by atoms with Crippen molar-refractivity contribution in [2.45, 2.75) is 13.2 Å². The van der Waals surface area contributed by atoms with E-state index in [1.54, 1.807) is 7.11 Å². The van der Waals surface area contributed by atoms with Crippen LogP contribution in [0.2, 0.25) is 5.02 Å². The SMILES string of the molecule is COCc1c(Br)cccc1NCc1ccccc1Cl. The number of hydrogen-bond donors (Lipinski definition) is 1. The molecule has 0 atom stereocenters. The standard InChI is InChI=1S/C15H15BrClNO/c1-19-10-12-13(16)6-4-8-15(12)18-9-11-5-2-3-7-14(11)17/h2-8,18H,9-10H2,1H3. The van der Waals surface area contributed by atoms with Gasteiger partial charge in [-0.2, -0.15) is 0 Å². The van der Waals surface area contributed by atoms with E-state index >= 15 is 0 Å². The number of halogens is 2. The zero-order valence-corrected chi connectivity index (χ0v) is 13.0. The van der Waals surface area contributed by atoms with Crippen LogP contribution in [0.25, 0.3) is 0 Å². The molecular weight excluding hydrogens is 326 g/mol. The first kappa shape index (κ1) is 14.4. The molecule has 0 fully saturated rings. The van der Waals surface area contributed by atoms with Gasteiger partial charge >= 0.3 is 0 Å². The summed E-state index contributed by atoms with van der Waals surface area (Å²) in [4.78, 5) is 0. The van der Waals surface area contributed by atoms with Crippen LogP contribution in [-0.2, 0) is 17.9 Å². The van der Waals surface area contributed by atoms with E-state index in [1.807, 2.05) is 42.5 Å². The minimum absolute atomic E-state index is 0.562. The van der Waals surface area contributed by atoms with Gasteiger partial charge in [-0.15, -0.1) is 0 Å². The molecule has 0 aliphatic rings. The summed E-state index contributed by atoms with van der Waals surface area (Å²) >= 11 is 9.69. The van der Waals surface area contributed by atoms with Crippen LogP contribution in [0.4, 0.5) is 5.69 Å². The molecule has 0 aliphatic carbocycles. The summed E-state index contributed by atoms with van der Waals surface area (Å²) in [5, 5.41) is 4.18. The molecular formula is C15H15BrClNO. The fourth-order valence-corrected chi connectivity index (χ4v) is 2.53. The lowest BCUT2D eigenvalue weighted by atomic mass is 10.1. The molecule has 1 N–H and O–H groups in total. The fraction of sp³-hybridized carbons (Fsp3) is 0.200. The van der Waals surface area contributed by atoms with Crippen molar-refractivity contribution >= 4 is 33.2 Å². The Morgan fingerprint density at radius 2 is 1.95 bits per heavy atom. The zero-order valence-electron chi connectivity index (χ0n) is 10.6. The van der Waals surface area contributed by atoms with Crippen molar-refractivity contribution in [2.75, 3.05) is 12.4 Å². The lowest BCUT2D eigenvalue weighted by Crippen LogP contribution is -2.04. The van der Waals surface area contributed by atoms with Crippen LogP contribution in [0.15, 0.2) is 46.9 Å². The van der Waals surface area contributed by atoms with Crippen LogP contribution in [-0.4, -0.2) is 7.11 Å². The summed E-state index contributed by atoms with van der Waals surface area (Å²) in [6.45, 7) is 1.25. The van der Waals surface area contributed by atoms with E-state index in [-0.39, 0.29) is 0 Å². The molecule has 0 amide bonds. The third-order valence-corrected chi connectivity index (χ3v) is 3.95. The number of methoxy groups -OCH3 is 1. The molecule has 0 bridgehead atoms. The second kappa shape index (κ2) is 6.94. The molecule has 0 heterocycles. The Balaban J connectivity index is 2.16. The minimum atomic E-state index is 0.562. The second-order valence-electron chi connectivity index (χ2n) is 4.14. The van der Waals surface area contributed by atoms with Crippen molar-refractivity contribution < 1.29 is 4.74 Å². The maximum atomic E-state index is 6.15. The van der Waals surface area contributed by atoms with Crippen molar-refractivity contribution in [3.05, 3.63) is 63.1 Å². The summed E-state index contributed by atoms with van der Waals surface area (Å²) < 4.78 is 6.27. The van der Waals surface area contributed by atoms with Crippen molar-refractivity contribution in [3.8, 4) is 0 Å². The summed E-state index contributed by atoms with van der Waals surface area (Å²) in [5.41, 5.74) is 3.24. The predicted octanol–water partition coefficient (Wildman–Crippen LogP) is 4.86. The third-order valence-electron chi connectivity index (χ3n) is 2.83. The van der Waals surface area contributed by atoms with Gasteiger partial charge in [-0.25, -0.2) is 0 Å². The number of ether oxygens (including phenoxy) is 1. The van der Waals surface area contributed by atoms with Crippen molar-refractivity contribution in [1.82, 2.24) is 0 Å². The highest BCUT2D eigenvalue weighted by molar-refractivity contribution is 9.10. The Morgan fingerprint density at radius 3 is 2.68 bits per heavy atom. The molecule has 2 nitrogen and oxygen atoms in total. The Bertz CT molecular complexity index is 560. The topological polar surface area (TPSA) is 21.3 Å². The van der Waals surface area contributed by atoms with E-state index in [4.69, 9.17) is 16.3 Å². The van der Waals surface area contributed by atoms with Crippen LogP contribution in [0.3, 0.4) is 0 Å². The lowest BCUT2D eigenvalue weighted by molar-refractivity contribution is 0.185. The highest BCUT2D eigenvalue weighted by Gasteiger charge is 2.07. The average Bonchev–Trinajstić information content (AvgIpc) is 2.41. The van der Waals surface area contributed by atoms with Gasteiger partial charge in [-0.05, 0) is 23.8 Å². The van der Waals surface area contributed by atoms with E-state index in [0.29, 0.717) is 13.2 Å². The summed E-state index contributed by atoms with van der Waals surface area (Å²) in [5.74, 6) is 0. The van der Waals surface area contributed by atoms with Gasteiger partial charge < -0.3 is 10.1 Å². The van der Waals surface area contributed by atoms with Crippen molar-refractivity contribution in [2.24, 2.45) is 0 Å². The average molecular weight is 341 g/mol. The van der Waals surface area contributed by atoms with Crippen LogP contribution >= 0.6 is 27.5 Å². The van der Waals surface area contributed by atoms with E-state index in [2.05, 4.69) is 21.2 Å². The molecule has 0 aromatic heterocycles. The molecule has 2 aromatic rings. The Labute approximate surface area is 126 Å². The van der Waals surface area contributed by atoms with E-state index in [0.717, 1.165) is 26.3 Å². The molecule has 4 heteroatoms. The van der Waals surface area contributed by atoms with Crippen molar-refractivity contribution in [3.63, 3.8) is 0 Å². The van der Waals surface area contributed by atoms with Gasteiger partial charge in [0.2, 0.25) is 0 Å². The van der Waals surface area contributed by atoms with E-state index < -0.39 is 0 Å². The van der Waals surface area contributed by atoms with Crippen LogP contribution in [0.5, 0.6) is 0 Å². The zero-order chi connectivity index (χ0) is 13.7. The smallest absolute Gasteiger partial charge is 0.0744 e. The van der Waals surface area contributed by atoms with Gasteiger partial charge in [0.25, 0.3) is 0 Å². The van der Waals surface area contributed by atoms with Gasteiger partial charge in [0.15, 0.2) is 0 Å². The molecule has 0 aliphatic heterocycles. The fourth-order valence-electron chi connectivity index (χ4n) is 1.85. The highest BCUT2D eigenvalue weighted by atomic mass is 79.9. The maximum Gasteiger partial charge on any atom is 0.0744 e. The van der Waals surface area contributed by atoms with Crippen LogP contribution in [0.1, 0.15) is 11.1 Å². The van der Waals surface area contributed by atoms with Gasteiger partial charge in [0, 0.05) is 34.4 Å². The van der Waals surface area contributed by atoms with Gasteiger partial charge in [-0.3, -0.25) is 0 Å². The first-order chi connectivity index (χ1) is 9.22. The van der Waals surface area contributed by atoms with E-state index in [1.165, 1.54) is 0 Å². The molecule has 0 saturated carbocycles. The summed E-state index contributed by atoms with van der Waals surface area (Å²) in [6.07, 6.45) is 0. The number of benzene rings is 2. The second-order valence-corrected chi connectivity index (χ2v) is 5.41. The molecule has 0 spiro atoms. The largest absolute Gasteiger partial charge is 0.381 e. The number of rotatable bonds is 5. The third kappa shape index (κ3) is 3.72. The van der Waals surface area contributed by atoms with Crippen LogP contribution < -0.4 is 5.32 Å². The number of hydrogen-bond acceptors (Lipinski definition) is 2. The summed E-state index contributed by atoms with van der Waals surface area (Å²) in [6, 6.07) is 13.9. The minimum Gasteiger partial charge on any atom is -0.381 e. The molecule has 0 radical (unpaired) electrons. The Morgan fingerprint density at radius 1 is 1.16 bits per heavy atom. The predicted molar refractivity (Wildman–Crippen MR) is 83.6 cm³/mol. The lowest BCUT2D eigenvalue weighted by Gasteiger charge is -2.14. The Kier molecular flexibility index (Phi) is 5.25. The molecule has 100 valence electrons. The van der Waals surface area contributed by atoms with Gasteiger partial charge in [0.1, 0.15) is 0 Å². The number of nitrogens with one attached hydrogen (secondary N) is 1. The van der Waals surface area contributed by atoms with E-state index in [9.17, 15) is 0 Å². The first-order valence-corrected chi connectivity index (χ1v) is 7.13. The van der Waals surface area contributed by atoms with Gasteiger partial charge in [0.05, 0.1) is 6.61 Å². The van der Waals surface area contributed by atoms with Gasteiger partial charge in [-0.1, -0.05) is 51.8 Å². The first-order valence-electron chi connectivity index (χ1n) is 5.96. The number of anilines is 1. The molecule has 19 heavy (non-hydrogen) atoms. The molecule has 2 rings (SSSR count). The maximum absolute atomic E-state index is 6.15. The quantitative estimate of drug-likeness (QED) is 0.839. The highest BCUT2D eigenvalue weighted by Crippen LogP contribution is 2.26. The summed E-state index contributed by atoms with van der Waals surface area (Å²) in [7, 11) is 1.69. The Hall–Kier alpha value is -1.03. The van der Waals surface area contributed by atoms with Crippen LogP contribution in [0, 0.1) is 0 Å². The normalized spacial score (nSPS) is 10.5. The molecule has 0 unspecified atom stereocenters. The monoisotopic (exact) mass is 339 g/mol. The van der Waals surface area contributed by atoms with Crippen molar-refractivity contribution in [1.29, 1.82) is 0 Å². The molecule has 2 aromatic carbocycles.